The molecule has 6 N–H and O–H groups in total. The lowest BCUT2D eigenvalue weighted by Crippen LogP contribution is -2.29. The van der Waals surface area contributed by atoms with E-state index < -0.39 is 29.8 Å². The average Bonchev–Trinajstić information content (AvgIpc) is 3.23. The largest absolute Gasteiger partial charge is 0.490 e. The molecule has 60 heavy (non-hydrogen) atoms. The molecule has 0 bridgehead atoms. The molecule has 8 aromatic rings. The van der Waals surface area contributed by atoms with Crippen molar-refractivity contribution < 1.29 is 28.4 Å². The number of rotatable bonds is 6. The first-order valence-electron chi connectivity index (χ1n) is 17.1. The first-order chi connectivity index (χ1) is 27.8. The van der Waals surface area contributed by atoms with Crippen molar-refractivity contribution >= 4 is 62.1 Å². The monoisotopic (exact) mass is 874 g/mol. The molecular weight excluding hydrogens is 837 g/mol. The van der Waals surface area contributed by atoms with Crippen LogP contribution in [0.3, 0.4) is 0 Å². The molecule has 304 valence electrons. The van der Waals surface area contributed by atoms with E-state index in [0.29, 0.717) is 43.1 Å². The molecule has 0 saturated carbocycles. The number of nitrogens with zero attached hydrogens (tertiary/aromatic N) is 4. The number of primary amides is 2. The highest BCUT2D eigenvalue weighted by molar-refractivity contribution is 9.10. The second kappa shape index (κ2) is 20.0. The molecule has 8 rings (SSSR count). The van der Waals surface area contributed by atoms with Crippen LogP contribution in [0.15, 0.2) is 160 Å². The second-order valence-electron chi connectivity index (χ2n) is 12.5. The number of amides is 2. The molecule has 2 amide bonds. The Kier molecular flexibility index (Phi) is 15.2. The summed E-state index contributed by atoms with van der Waals surface area (Å²) in [7, 11) is -1.40. The predicted octanol–water partition coefficient (Wildman–Crippen LogP) is 6.32. The highest BCUT2D eigenvalue weighted by Gasteiger charge is 2.16. The zero-order chi connectivity index (χ0) is 41.5. The van der Waals surface area contributed by atoms with E-state index in [0.717, 1.165) is 11.1 Å². The van der Waals surface area contributed by atoms with Gasteiger partial charge in [-0.2, -0.15) is 0 Å². The standard InChI is InChI=1S/C21H14FN3O2.C16H10BrFN2O2.C5H6BNO2.2CH4/c22-15-4-6-16(7-5-15)25-12-18(21(23)27)20(26)17-10-13(3-8-19(17)25)14-2-1-9-24-11-14;17-9-1-6-14-12(7-9)15(21)13(16(19)22)8-20(14)11-4-2-10(18)3-5-11;8-6(9)5-2-1-3-7-4-5;;/h1-12H,(H2,23,27);1-8H,(H2,19,22);1-4,8-9H;2*1H4. The van der Waals surface area contributed by atoms with Crippen LogP contribution in [0.1, 0.15) is 35.6 Å². The molecule has 0 aliphatic heterocycles. The molecule has 0 saturated heterocycles. The molecular formula is C44H38BBrF2N6O6. The minimum Gasteiger partial charge on any atom is -0.423 e. The Bertz CT molecular complexity index is 2900. The summed E-state index contributed by atoms with van der Waals surface area (Å²) < 4.78 is 30.4. The summed E-state index contributed by atoms with van der Waals surface area (Å²) in [4.78, 5) is 56.3. The fourth-order valence-corrected chi connectivity index (χ4v) is 6.22. The third-order valence-electron chi connectivity index (χ3n) is 8.69. The van der Waals surface area contributed by atoms with Crippen molar-refractivity contribution in [3.63, 3.8) is 0 Å². The van der Waals surface area contributed by atoms with Crippen LogP contribution in [-0.4, -0.2) is 48.1 Å². The van der Waals surface area contributed by atoms with Crippen LogP contribution < -0.4 is 27.8 Å². The van der Waals surface area contributed by atoms with Gasteiger partial charge in [0.2, 0.25) is 10.9 Å². The van der Waals surface area contributed by atoms with Gasteiger partial charge < -0.3 is 30.6 Å². The van der Waals surface area contributed by atoms with Crippen molar-refractivity contribution in [3.05, 3.63) is 194 Å². The maximum Gasteiger partial charge on any atom is 0.490 e. The summed E-state index contributed by atoms with van der Waals surface area (Å²) in [6, 6.07) is 28.9. The zero-order valence-electron chi connectivity index (χ0n) is 30.0. The number of hydrogen-bond acceptors (Lipinski definition) is 8. The van der Waals surface area contributed by atoms with Crippen molar-refractivity contribution in [3.8, 4) is 22.5 Å². The van der Waals surface area contributed by atoms with Crippen molar-refractivity contribution in [2.75, 3.05) is 0 Å². The van der Waals surface area contributed by atoms with Gasteiger partial charge in [-0.05, 0) is 96.6 Å². The van der Waals surface area contributed by atoms with E-state index in [1.54, 1.807) is 101 Å². The first kappa shape index (κ1) is 45.6. The number of benzene rings is 4. The number of pyridine rings is 4. The Morgan fingerprint density at radius 2 is 1.08 bits per heavy atom. The van der Waals surface area contributed by atoms with Gasteiger partial charge in [-0.3, -0.25) is 29.1 Å². The highest BCUT2D eigenvalue weighted by Crippen LogP contribution is 2.25. The molecule has 12 nitrogen and oxygen atoms in total. The maximum absolute atomic E-state index is 13.3. The minimum absolute atomic E-state index is 0. The predicted molar refractivity (Wildman–Crippen MR) is 234 cm³/mol. The third kappa shape index (κ3) is 10.3. The third-order valence-corrected chi connectivity index (χ3v) is 9.18. The van der Waals surface area contributed by atoms with E-state index in [2.05, 4.69) is 25.9 Å². The van der Waals surface area contributed by atoms with Crippen LogP contribution in [0.5, 0.6) is 0 Å². The van der Waals surface area contributed by atoms with Crippen LogP contribution in [0.4, 0.5) is 8.78 Å². The summed E-state index contributed by atoms with van der Waals surface area (Å²) in [5.74, 6) is -2.36. The summed E-state index contributed by atoms with van der Waals surface area (Å²) in [5.41, 5.74) is 14.0. The lowest BCUT2D eigenvalue weighted by Gasteiger charge is -2.14. The Balaban J connectivity index is 0.000000216. The van der Waals surface area contributed by atoms with E-state index in [4.69, 9.17) is 21.5 Å². The highest BCUT2D eigenvalue weighted by atomic mass is 79.9. The van der Waals surface area contributed by atoms with Crippen LogP contribution in [-0.2, 0) is 0 Å². The van der Waals surface area contributed by atoms with E-state index >= 15 is 0 Å². The molecule has 0 aliphatic rings. The average molecular weight is 876 g/mol. The topological polar surface area (TPSA) is 196 Å². The summed E-state index contributed by atoms with van der Waals surface area (Å²) >= 11 is 3.30. The maximum atomic E-state index is 13.3. The normalized spacial score (nSPS) is 10.2. The quantitative estimate of drug-likeness (QED) is 0.139. The van der Waals surface area contributed by atoms with Gasteiger partial charge in [0, 0.05) is 74.8 Å². The van der Waals surface area contributed by atoms with Crippen LogP contribution in [0.2, 0.25) is 0 Å². The smallest absolute Gasteiger partial charge is 0.423 e. The molecule has 0 radical (unpaired) electrons. The van der Waals surface area contributed by atoms with Gasteiger partial charge in [-0.15, -0.1) is 0 Å². The Labute approximate surface area is 351 Å². The van der Waals surface area contributed by atoms with E-state index in [1.807, 2.05) is 12.1 Å². The molecule has 0 unspecified atom stereocenters. The van der Waals surface area contributed by atoms with Gasteiger partial charge in [0.05, 0.1) is 11.0 Å². The van der Waals surface area contributed by atoms with Gasteiger partial charge in [0.15, 0.2) is 0 Å². The van der Waals surface area contributed by atoms with Gasteiger partial charge in [0.25, 0.3) is 11.8 Å². The minimum atomic E-state index is -1.40. The molecule has 0 fully saturated rings. The zero-order valence-corrected chi connectivity index (χ0v) is 31.6. The van der Waals surface area contributed by atoms with Crippen LogP contribution in [0, 0.1) is 11.6 Å². The number of fused-ring (bicyclic) bond motifs is 2. The Morgan fingerprint density at radius 1 is 0.617 bits per heavy atom. The summed E-state index contributed by atoms with van der Waals surface area (Å²) in [6.45, 7) is 0. The summed E-state index contributed by atoms with van der Waals surface area (Å²) in [6.07, 6.45) is 9.11. The first-order valence-corrected chi connectivity index (χ1v) is 17.9. The van der Waals surface area contributed by atoms with Crippen molar-refractivity contribution in [2.45, 2.75) is 14.9 Å². The van der Waals surface area contributed by atoms with E-state index in [-0.39, 0.29) is 37.6 Å². The van der Waals surface area contributed by atoms with Gasteiger partial charge in [-0.1, -0.05) is 49.0 Å². The fraction of sp³-hybridized carbons (Fsp3) is 0.0455. The molecule has 4 heterocycles. The molecule has 0 atom stereocenters. The van der Waals surface area contributed by atoms with E-state index in [9.17, 15) is 28.0 Å². The van der Waals surface area contributed by atoms with Gasteiger partial charge >= 0.3 is 7.12 Å². The Morgan fingerprint density at radius 3 is 1.50 bits per heavy atom. The van der Waals surface area contributed by atoms with Crippen molar-refractivity contribution in [1.82, 2.24) is 19.1 Å². The second-order valence-corrected chi connectivity index (χ2v) is 13.4. The number of nitrogens with two attached hydrogens (primary N) is 2. The molecule has 4 aromatic carbocycles. The molecule has 4 aromatic heterocycles. The number of hydrogen-bond donors (Lipinski definition) is 4. The van der Waals surface area contributed by atoms with Crippen LogP contribution in [0.25, 0.3) is 44.3 Å². The lowest BCUT2D eigenvalue weighted by molar-refractivity contribution is 0.0990. The lowest BCUT2D eigenvalue weighted by atomic mass is 9.82. The number of aromatic nitrogens is 4. The number of carbonyl (C=O) groups is 2. The SMILES string of the molecule is C.C.NC(=O)c1cn(-c2ccc(F)cc2)c2ccc(-c3cccnc3)cc2c1=O.NC(=O)c1cn(-c2ccc(F)cc2)c2ccc(Br)cc2c1=O.OB(O)c1cccnc1. The van der Waals surface area contributed by atoms with Gasteiger partial charge in [0.1, 0.15) is 22.8 Å². The van der Waals surface area contributed by atoms with E-state index in [1.165, 1.54) is 42.9 Å². The number of carbonyl (C=O) groups excluding carboxylic acids is 2. The van der Waals surface area contributed by atoms with Crippen molar-refractivity contribution in [2.24, 2.45) is 11.5 Å². The van der Waals surface area contributed by atoms with Crippen molar-refractivity contribution in [1.29, 1.82) is 0 Å². The summed E-state index contributed by atoms with van der Waals surface area (Å²) in [5, 5.41) is 17.8. The number of halogens is 3. The molecule has 0 aliphatic carbocycles. The molecule has 16 heteroatoms. The van der Waals surface area contributed by atoms with Crippen LogP contribution >= 0.6 is 15.9 Å². The fourth-order valence-electron chi connectivity index (χ4n) is 5.86. The Hall–Kier alpha value is -7.14. The molecule has 0 spiro atoms. The van der Waals surface area contributed by atoms with Gasteiger partial charge in [-0.25, -0.2) is 8.78 Å².